The number of benzene rings is 2. The van der Waals surface area contributed by atoms with Gasteiger partial charge in [0.1, 0.15) is 11.6 Å². The van der Waals surface area contributed by atoms with Crippen molar-refractivity contribution in [3.8, 4) is 0 Å². The summed E-state index contributed by atoms with van der Waals surface area (Å²) in [5.41, 5.74) is 1.80. The number of fused-ring (bicyclic) bond motifs is 1. The normalized spacial score (nSPS) is 14.5. The van der Waals surface area contributed by atoms with Gasteiger partial charge in [0.2, 0.25) is 0 Å². The average molecular weight is 390 g/mol. The van der Waals surface area contributed by atoms with Crippen LogP contribution in [0.25, 0.3) is 10.8 Å². The molecule has 6 nitrogen and oxygen atoms in total. The van der Waals surface area contributed by atoms with Crippen LogP contribution in [0.4, 0.5) is 16.3 Å². The van der Waals surface area contributed by atoms with Crippen molar-refractivity contribution in [1.29, 1.82) is 0 Å². The van der Waals surface area contributed by atoms with E-state index >= 15 is 0 Å². The maximum absolute atomic E-state index is 12.7. The minimum atomic E-state index is -0.0540. The number of nitrogens with zero attached hydrogens (tertiary/aromatic N) is 4. The molecule has 0 spiro atoms. The lowest BCUT2D eigenvalue weighted by molar-refractivity contribution is 0.208. The predicted molar refractivity (Wildman–Crippen MR) is 118 cm³/mol. The number of amides is 2. The Balaban J connectivity index is 1.39. The Morgan fingerprint density at radius 1 is 0.966 bits per heavy atom. The summed E-state index contributed by atoms with van der Waals surface area (Å²) in [4.78, 5) is 26.1. The van der Waals surface area contributed by atoms with Crippen LogP contribution in [0.5, 0.6) is 0 Å². The van der Waals surface area contributed by atoms with E-state index in [4.69, 9.17) is 4.98 Å². The van der Waals surface area contributed by atoms with Gasteiger partial charge in [-0.2, -0.15) is 0 Å². The van der Waals surface area contributed by atoms with E-state index in [0.717, 1.165) is 41.5 Å². The van der Waals surface area contributed by atoms with Crippen molar-refractivity contribution in [3.05, 3.63) is 60.0 Å². The summed E-state index contributed by atoms with van der Waals surface area (Å²) in [6.45, 7) is 9.07. The molecule has 150 valence electrons. The van der Waals surface area contributed by atoms with E-state index in [2.05, 4.69) is 41.2 Å². The van der Waals surface area contributed by atoms with Crippen molar-refractivity contribution in [2.75, 3.05) is 36.4 Å². The van der Waals surface area contributed by atoms with Crippen molar-refractivity contribution < 1.29 is 4.79 Å². The molecule has 1 aliphatic rings. The van der Waals surface area contributed by atoms with Crippen LogP contribution in [-0.4, -0.2) is 47.1 Å². The molecule has 1 fully saturated rings. The molecular formula is C23H27N5O. The second-order valence-electron chi connectivity index (χ2n) is 7.85. The van der Waals surface area contributed by atoms with Crippen LogP contribution < -0.4 is 10.2 Å². The SMILES string of the molecule is Cc1cc(N2CCN(C(=O)Nc3ccc4ccccc4c3)CC2)nc(C(C)C)n1. The van der Waals surface area contributed by atoms with Crippen LogP contribution in [0.1, 0.15) is 31.3 Å². The van der Waals surface area contributed by atoms with Gasteiger partial charge in [-0.3, -0.25) is 0 Å². The van der Waals surface area contributed by atoms with Crippen molar-refractivity contribution in [1.82, 2.24) is 14.9 Å². The Labute approximate surface area is 171 Å². The minimum absolute atomic E-state index is 0.0540. The number of carbonyl (C=O) groups excluding carboxylic acids is 1. The van der Waals surface area contributed by atoms with Crippen LogP contribution in [0.15, 0.2) is 48.5 Å². The first kappa shape index (κ1) is 19.2. The first-order valence-corrected chi connectivity index (χ1v) is 10.1. The molecule has 0 bridgehead atoms. The number of aryl methyl sites for hydroxylation is 1. The first-order chi connectivity index (χ1) is 14.0. The summed E-state index contributed by atoms with van der Waals surface area (Å²) in [7, 11) is 0. The standard InChI is InChI=1S/C23H27N5O/c1-16(2)22-24-17(3)14-21(26-22)27-10-12-28(13-11-27)23(29)25-20-9-8-18-6-4-5-7-19(18)15-20/h4-9,14-16H,10-13H2,1-3H3,(H,25,29). The van der Waals surface area contributed by atoms with Crippen LogP contribution in [-0.2, 0) is 0 Å². The quantitative estimate of drug-likeness (QED) is 0.720. The first-order valence-electron chi connectivity index (χ1n) is 10.1. The summed E-state index contributed by atoms with van der Waals surface area (Å²) in [6, 6.07) is 16.1. The molecule has 29 heavy (non-hydrogen) atoms. The molecule has 0 unspecified atom stereocenters. The smallest absolute Gasteiger partial charge is 0.321 e. The van der Waals surface area contributed by atoms with E-state index in [0.29, 0.717) is 19.0 Å². The summed E-state index contributed by atoms with van der Waals surface area (Å²) in [5, 5.41) is 5.32. The number of nitrogens with one attached hydrogen (secondary N) is 1. The van der Waals surface area contributed by atoms with E-state index < -0.39 is 0 Å². The van der Waals surface area contributed by atoms with Crippen molar-refractivity contribution >= 4 is 28.3 Å². The van der Waals surface area contributed by atoms with Gasteiger partial charge in [-0.1, -0.05) is 44.2 Å². The molecular weight excluding hydrogens is 362 g/mol. The number of carbonyl (C=O) groups is 1. The lowest BCUT2D eigenvalue weighted by atomic mass is 10.1. The minimum Gasteiger partial charge on any atom is -0.353 e. The molecule has 0 saturated carbocycles. The van der Waals surface area contributed by atoms with Crippen molar-refractivity contribution in [2.45, 2.75) is 26.7 Å². The third kappa shape index (κ3) is 4.31. The maximum Gasteiger partial charge on any atom is 0.321 e. The highest BCUT2D eigenvalue weighted by Crippen LogP contribution is 2.21. The highest BCUT2D eigenvalue weighted by atomic mass is 16.2. The van der Waals surface area contributed by atoms with Gasteiger partial charge >= 0.3 is 6.03 Å². The number of anilines is 2. The molecule has 2 aromatic carbocycles. The van der Waals surface area contributed by atoms with Gasteiger partial charge in [0.15, 0.2) is 0 Å². The highest BCUT2D eigenvalue weighted by Gasteiger charge is 2.23. The lowest BCUT2D eigenvalue weighted by Crippen LogP contribution is -2.50. The highest BCUT2D eigenvalue weighted by molar-refractivity contribution is 5.93. The van der Waals surface area contributed by atoms with E-state index in [1.807, 2.05) is 48.2 Å². The molecule has 3 aromatic rings. The number of rotatable bonds is 3. The molecule has 1 aliphatic heterocycles. The Bertz CT molecular complexity index is 1020. The molecule has 6 heteroatoms. The molecule has 2 amide bonds. The van der Waals surface area contributed by atoms with Crippen molar-refractivity contribution in [3.63, 3.8) is 0 Å². The Hall–Kier alpha value is -3.15. The molecule has 4 rings (SSSR count). The Morgan fingerprint density at radius 2 is 1.69 bits per heavy atom. The Kier molecular flexibility index (Phi) is 5.34. The fourth-order valence-corrected chi connectivity index (χ4v) is 3.60. The molecule has 0 aliphatic carbocycles. The monoisotopic (exact) mass is 389 g/mol. The largest absolute Gasteiger partial charge is 0.353 e. The molecule has 2 heterocycles. The number of piperazine rings is 1. The molecule has 0 atom stereocenters. The third-order valence-corrected chi connectivity index (χ3v) is 5.27. The molecule has 0 radical (unpaired) electrons. The van der Waals surface area contributed by atoms with Gasteiger partial charge in [0, 0.05) is 49.5 Å². The van der Waals surface area contributed by atoms with E-state index in [1.165, 1.54) is 5.39 Å². The maximum atomic E-state index is 12.7. The summed E-state index contributed by atoms with van der Waals surface area (Å²) < 4.78 is 0. The van der Waals surface area contributed by atoms with Gasteiger partial charge in [-0.05, 0) is 29.8 Å². The zero-order valence-corrected chi connectivity index (χ0v) is 17.2. The van der Waals surface area contributed by atoms with E-state index in [9.17, 15) is 4.79 Å². The van der Waals surface area contributed by atoms with Gasteiger partial charge in [0.25, 0.3) is 0 Å². The van der Waals surface area contributed by atoms with Crippen LogP contribution in [0.2, 0.25) is 0 Å². The second-order valence-corrected chi connectivity index (χ2v) is 7.85. The van der Waals surface area contributed by atoms with Gasteiger partial charge in [-0.15, -0.1) is 0 Å². The van der Waals surface area contributed by atoms with E-state index in [-0.39, 0.29) is 6.03 Å². The third-order valence-electron chi connectivity index (χ3n) is 5.27. The second kappa shape index (κ2) is 8.07. The average Bonchev–Trinajstić information content (AvgIpc) is 2.73. The number of aromatic nitrogens is 2. The van der Waals surface area contributed by atoms with E-state index in [1.54, 1.807) is 0 Å². The van der Waals surface area contributed by atoms with Crippen LogP contribution >= 0.6 is 0 Å². The molecule has 1 N–H and O–H groups in total. The number of hydrogen-bond donors (Lipinski definition) is 1. The fraction of sp³-hybridized carbons (Fsp3) is 0.348. The van der Waals surface area contributed by atoms with Gasteiger partial charge in [0.05, 0.1) is 0 Å². The zero-order chi connectivity index (χ0) is 20.4. The number of hydrogen-bond acceptors (Lipinski definition) is 4. The Morgan fingerprint density at radius 3 is 2.41 bits per heavy atom. The summed E-state index contributed by atoms with van der Waals surface area (Å²) >= 11 is 0. The van der Waals surface area contributed by atoms with Gasteiger partial charge < -0.3 is 15.1 Å². The summed E-state index contributed by atoms with van der Waals surface area (Å²) in [5.74, 6) is 2.12. The zero-order valence-electron chi connectivity index (χ0n) is 17.2. The van der Waals surface area contributed by atoms with Crippen LogP contribution in [0, 0.1) is 6.92 Å². The number of urea groups is 1. The van der Waals surface area contributed by atoms with Crippen LogP contribution in [0.3, 0.4) is 0 Å². The molecule has 1 aromatic heterocycles. The topological polar surface area (TPSA) is 61.4 Å². The predicted octanol–water partition coefficient (Wildman–Crippen LogP) is 4.42. The summed E-state index contributed by atoms with van der Waals surface area (Å²) in [6.07, 6.45) is 0. The van der Waals surface area contributed by atoms with Gasteiger partial charge in [-0.25, -0.2) is 14.8 Å². The molecule has 1 saturated heterocycles. The lowest BCUT2D eigenvalue weighted by Gasteiger charge is -2.35. The fourth-order valence-electron chi connectivity index (χ4n) is 3.60. The van der Waals surface area contributed by atoms with Crippen molar-refractivity contribution in [2.24, 2.45) is 0 Å².